The van der Waals surface area contributed by atoms with Crippen LogP contribution < -0.4 is 0 Å². The Morgan fingerprint density at radius 2 is 1.92 bits per heavy atom. The van der Waals surface area contributed by atoms with Gasteiger partial charge in [0.1, 0.15) is 0 Å². The van der Waals surface area contributed by atoms with Crippen molar-refractivity contribution in [3.63, 3.8) is 0 Å². The van der Waals surface area contributed by atoms with E-state index in [1.54, 1.807) is 0 Å². The van der Waals surface area contributed by atoms with Gasteiger partial charge in [0.05, 0.1) is 28.0 Å². The van der Waals surface area contributed by atoms with Crippen molar-refractivity contribution < 1.29 is 13.2 Å². The maximum Gasteiger partial charge on any atom is 0.416 e. The van der Waals surface area contributed by atoms with Gasteiger partial charge in [0.2, 0.25) is 0 Å². The summed E-state index contributed by atoms with van der Waals surface area (Å²) in [4.78, 5) is 7.61. The van der Waals surface area contributed by atoms with Crippen LogP contribution in [0.25, 0.3) is 16.7 Å². The third-order valence-corrected chi connectivity index (χ3v) is 4.53. The predicted molar refractivity (Wildman–Crippen MR) is 89.8 cm³/mol. The summed E-state index contributed by atoms with van der Waals surface area (Å²) in [5.74, 6) is 0.776. The minimum atomic E-state index is -4.42. The van der Waals surface area contributed by atoms with E-state index in [1.165, 1.54) is 28.6 Å². The van der Waals surface area contributed by atoms with Crippen molar-refractivity contribution in [2.45, 2.75) is 17.1 Å². The maximum atomic E-state index is 12.9. The molecule has 6 nitrogen and oxygen atoms in total. The molecule has 0 bridgehead atoms. The van der Waals surface area contributed by atoms with Gasteiger partial charge in [-0.05, 0) is 40.8 Å². The second-order valence-electron chi connectivity index (χ2n) is 5.40. The lowest BCUT2D eigenvalue weighted by Crippen LogP contribution is -2.08. The first-order valence-corrected chi connectivity index (χ1v) is 8.52. The van der Waals surface area contributed by atoms with Gasteiger partial charge in [-0.2, -0.15) is 17.9 Å². The summed E-state index contributed by atoms with van der Waals surface area (Å²) in [6, 6.07) is 12.5. The van der Waals surface area contributed by atoms with Crippen LogP contribution in [0.1, 0.15) is 11.4 Å². The largest absolute Gasteiger partial charge is 0.416 e. The molecule has 0 aliphatic rings. The summed E-state index contributed by atoms with van der Waals surface area (Å²) in [6.07, 6.45) is -4.42. The average molecular weight is 376 g/mol. The van der Waals surface area contributed by atoms with Crippen molar-refractivity contribution in [1.82, 2.24) is 30.2 Å². The van der Waals surface area contributed by atoms with E-state index in [0.29, 0.717) is 16.7 Å². The molecular weight excluding hydrogens is 365 g/mol. The molecule has 4 aromatic rings. The van der Waals surface area contributed by atoms with Crippen LogP contribution in [0.5, 0.6) is 0 Å². The number of alkyl halides is 3. The average Bonchev–Trinajstić information content (AvgIpc) is 3.25. The van der Waals surface area contributed by atoms with E-state index in [0.717, 1.165) is 23.2 Å². The molecule has 0 radical (unpaired) electrons. The monoisotopic (exact) mass is 376 g/mol. The third-order valence-electron chi connectivity index (χ3n) is 3.66. The number of H-pyrrole nitrogens is 1. The van der Waals surface area contributed by atoms with Gasteiger partial charge in [-0.15, -0.1) is 5.10 Å². The summed E-state index contributed by atoms with van der Waals surface area (Å²) < 4.78 is 40.0. The number of thioether (sulfide) groups is 1. The van der Waals surface area contributed by atoms with Crippen LogP contribution in [0.2, 0.25) is 0 Å². The number of nitrogens with zero attached hydrogens (tertiary/aromatic N) is 5. The standard InChI is InChI=1S/C16H11F3N6S/c17-16(18,19)10-4-3-5-11(8-10)25-14(22-23-24-25)9-26-15-20-12-6-1-2-7-13(12)21-15/h1-8H,9H2,(H,20,21). The molecule has 2 aromatic heterocycles. The van der Waals surface area contributed by atoms with E-state index in [4.69, 9.17) is 0 Å². The molecule has 0 atom stereocenters. The Hall–Kier alpha value is -2.88. The summed E-state index contributed by atoms with van der Waals surface area (Å²) in [5.41, 5.74) is 1.26. The molecule has 0 spiro atoms. The minimum Gasteiger partial charge on any atom is -0.333 e. The van der Waals surface area contributed by atoms with Crippen LogP contribution in [0.3, 0.4) is 0 Å². The molecule has 0 saturated heterocycles. The number of nitrogens with one attached hydrogen (secondary N) is 1. The Balaban J connectivity index is 1.57. The number of halogens is 3. The van der Waals surface area contributed by atoms with Crippen LogP contribution >= 0.6 is 11.8 Å². The maximum absolute atomic E-state index is 12.9. The van der Waals surface area contributed by atoms with Crippen LogP contribution in [0, 0.1) is 0 Å². The SMILES string of the molecule is FC(F)(F)c1cccc(-n2nnnc2CSc2nc3ccccc3[nH]2)c1. The lowest BCUT2D eigenvalue weighted by molar-refractivity contribution is -0.137. The number of para-hydroxylation sites is 2. The number of benzene rings is 2. The first-order valence-electron chi connectivity index (χ1n) is 7.53. The Bertz CT molecular complexity index is 1020. The van der Waals surface area contributed by atoms with Gasteiger partial charge in [0, 0.05) is 0 Å². The fourth-order valence-electron chi connectivity index (χ4n) is 2.44. The van der Waals surface area contributed by atoms with Crippen molar-refractivity contribution in [3.05, 3.63) is 59.9 Å². The third kappa shape index (κ3) is 3.27. The second-order valence-corrected chi connectivity index (χ2v) is 6.37. The highest BCUT2D eigenvalue weighted by atomic mass is 32.2. The van der Waals surface area contributed by atoms with Crippen molar-refractivity contribution in [1.29, 1.82) is 0 Å². The van der Waals surface area contributed by atoms with Crippen molar-refractivity contribution in [2.75, 3.05) is 0 Å². The van der Waals surface area contributed by atoms with Gasteiger partial charge in [-0.25, -0.2) is 4.98 Å². The van der Waals surface area contributed by atoms with E-state index >= 15 is 0 Å². The summed E-state index contributed by atoms with van der Waals surface area (Å²) in [7, 11) is 0. The number of tetrazole rings is 1. The summed E-state index contributed by atoms with van der Waals surface area (Å²) >= 11 is 1.37. The quantitative estimate of drug-likeness (QED) is 0.548. The molecule has 0 saturated carbocycles. The van der Waals surface area contributed by atoms with Gasteiger partial charge >= 0.3 is 6.18 Å². The number of aromatic amines is 1. The molecule has 0 unspecified atom stereocenters. The van der Waals surface area contributed by atoms with Crippen LogP contribution in [0.15, 0.2) is 53.7 Å². The zero-order valence-corrected chi connectivity index (χ0v) is 13.9. The Labute approximate surface area is 149 Å². The van der Waals surface area contributed by atoms with E-state index in [1.807, 2.05) is 24.3 Å². The van der Waals surface area contributed by atoms with Gasteiger partial charge < -0.3 is 4.98 Å². The highest BCUT2D eigenvalue weighted by molar-refractivity contribution is 7.98. The number of hydrogen-bond acceptors (Lipinski definition) is 5. The molecule has 2 aromatic carbocycles. The fourth-order valence-corrected chi connectivity index (χ4v) is 3.23. The normalized spacial score (nSPS) is 12.0. The molecule has 0 aliphatic heterocycles. The Morgan fingerprint density at radius 1 is 1.08 bits per heavy atom. The molecule has 1 N–H and O–H groups in total. The summed E-state index contributed by atoms with van der Waals surface area (Å²) in [6.45, 7) is 0. The Kier molecular flexibility index (Phi) is 4.11. The highest BCUT2D eigenvalue weighted by Crippen LogP contribution is 2.30. The number of hydrogen-bond donors (Lipinski definition) is 1. The first-order chi connectivity index (χ1) is 12.5. The molecule has 10 heteroatoms. The minimum absolute atomic E-state index is 0.255. The van der Waals surface area contributed by atoms with Gasteiger partial charge in [-0.1, -0.05) is 30.0 Å². The van der Waals surface area contributed by atoms with E-state index < -0.39 is 11.7 Å². The van der Waals surface area contributed by atoms with E-state index in [2.05, 4.69) is 25.5 Å². The Morgan fingerprint density at radius 3 is 2.73 bits per heavy atom. The number of aromatic nitrogens is 6. The van der Waals surface area contributed by atoms with Gasteiger partial charge in [0.25, 0.3) is 0 Å². The molecule has 26 heavy (non-hydrogen) atoms. The molecular formula is C16H11F3N6S. The van der Waals surface area contributed by atoms with Crippen LogP contribution in [-0.2, 0) is 11.9 Å². The number of fused-ring (bicyclic) bond motifs is 1. The molecule has 132 valence electrons. The molecule has 4 rings (SSSR count). The van der Waals surface area contributed by atoms with Gasteiger partial charge in [0.15, 0.2) is 11.0 Å². The van der Waals surface area contributed by atoms with Crippen LogP contribution in [0.4, 0.5) is 13.2 Å². The zero-order valence-electron chi connectivity index (χ0n) is 13.1. The second kappa shape index (κ2) is 6.45. The van der Waals surface area contributed by atoms with Crippen LogP contribution in [-0.4, -0.2) is 30.2 Å². The fraction of sp³-hybridized carbons (Fsp3) is 0.125. The topological polar surface area (TPSA) is 72.3 Å². The van der Waals surface area contributed by atoms with E-state index in [9.17, 15) is 13.2 Å². The molecule has 0 aliphatic carbocycles. The zero-order chi connectivity index (χ0) is 18.1. The van der Waals surface area contributed by atoms with Crippen molar-refractivity contribution >= 4 is 22.8 Å². The van der Waals surface area contributed by atoms with E-state index in [-0.39, 0.29) is 5.69 Å². The lowest BCUT2D eigenvalue weighted by atomic mass is 10.2. The number of rotatable bonds is 4. The molecule has 0 fully saturated rings. The molecule has 0 amide bonds. The highest BCUT2D eigenvalue weighted by Gasteiger charge is 2.30. The smallest absolute Gasteiger partial charge is 0.333 e. The lowest BCUT2D eigenvalue weighted by Gasteiger charge is -2.09. The van der Waals surface area contributed by atoms with Crippen molar-refractivity contribution in [2.24, 2.45) is 0 Å². The van der Waals surface area contributed by atoms with Crippen molar-refractivity contribution in [3.8, 4) is 5.69 Å². The summed E-state index contributed by atoms with van der Waals surface area (Å²) in [5, 5.41) is 12.0. The first kappa shape index (κ1) is 16.6. The molecule has 2 heterocycles. The van der Waals surface area contributed by atoms with Gasteiger partial charge in [-0.3, -0.25) is 0 Å². The predicted octanol–water partition coefficient (Wildman–Crippen LogP) is 3.85. The number of imidazole rings is 1.